The number of carbonyl (C=O) groups is 1. The minimum absolute atomic E-state index is 0.0389. The Morgan fingerprint density at radius 2 is 1.76 bits per heavy atom. The number of rotatable bonds is 7. The lowest BCUT2D eigenvalue weighted by Gasteiger charge is -2.11. The largest absolute Gasteiger partial charge is 0.488 e. The first-order valence-electron chi connectivity index (χ1n) is 8.90. The summed E-state index contributed by atoms with van der Waals surface area (Å²) in [5.41, 5.74) is 4.78. The van der Waals surface area contributed by atoms with Crippen LogP contribution in [0.2, 0.25) is 0 Å². The molecular weight excluding hydrogens is 370 g/mol. The zero-order valence-electron chi connectivity index (χ0n) is 15.7. The molecule has 3 aromatic rings. The van der Waals surface area contributed by atoms with Crippen LogP contribution in [0.4, 0.5) is 5.69 Å². The highest BCUT2D eigenvalue weighted by Gasteiger charge is 2.13. The second kappa shape index (κ2) is 9.27. The van der Waals surface area contributed by atoms with Crippen LogP contribution in [0.15, 0.2) is 84.0 Å². The average Bonchev–Trinajstić information content (AvgIpc) is 2.76. The summed E-state index contributed by atoms with van der Waals surface area (Å²) in [7, 11) is 0. The number of para-hydroxylation sites is 1. The molecule has 0 heterocycles. The molecule has 29 heavy (non-hydrogen) atoms. The number of ether oxygens (including phenoxy) is 1. The van der Waals surface area contributed by atoms with Gasteiger partial charge in [0.25, 0.3) is 11.6 Å². The number of non-ortho nitro benzene ring substituents is 1. The molecule has 146 valence electrons. The number of amides is 1. The third-order valence-electron chi connectivity index (χ3n) is 4.17. The molecular formula is C22H19N3O4. The topological polar surface area (TPSA) is 93.8 Å². The molecule has 0 fully saturated rings. The molecule has 0 aliphatic rings. The SMILES string of the molecule is CC(=NNC(=O)c1ccccc1OCc1ccccc1)c1cccc([N+](=O)[O-])c1. The normalized spacial score (nSPS) is 11.0. The molecule has 1 amide bonds. The lowest BCUT2D eigenvalue weighted by atomic mass is 10.1. The highest BCUT2D eigenvalue weighted by atomic mass is 16.6. The molecule has 0 unspecified atom stereocenters. The lowest BCUT2D eigenvalue weighted by Crippen LogP contribution is -2.20. The summed E-state index contributed by atoms with van der Waals surface area (Å²) < 4.78 is 5.79. The van der Waals surface area contributed by atoms with E-state index in [1.165, 1.54) is 12.1 Å². The third kappa shape index (κ3) is 5.26. The molecule has 0 atom stereocenters. The van der Waals surface area contributed by atoms with Crippen molar-refractivity contribution in [2.24, 2.45) is 5.10 Å². The molecule has 7 nitrogen and oxygen atoms in total. The van der Waals surface area contributed by atoms with Gasteiger partial charge >= 0.3 is 0 Å². The van der Waals surface area contributed by atoms with E-state index >= 15 is 0 Å². The van der Waals surface area contributed by atoms with Crippen molar-refractivity contribution in [3.63, 3.8) is 0 Å². The van der Waals surface area contributed by atoms with Crippen molar-refractivity contribution in [3.8, 4) is 5.75 Å². The van der Waals surface area contributed by atoms with Gasteiger partial charge in [-0.05, 0) is 24.6 Å². The number of nitro groups is 1. The van der Waals surface area contributed by atoms with Gasteiger partial charge in [0.1, 0.15) is 12.4 Å². The Morgan fingerprint density at radius 1 is 1.03 bits per heavy atom. The molecule has 0 bridgehead atoms. The van der Waals surface area contributed by atoms with E-state index < -0.39 is 10.8 Å². The Bertz CT molecular complexity index is 1050. The first kappa shape index (κ1) is 19.8. The van der Waals surface area contributed by atoms with Crippen molar-refractivity contribution in [3.05, 3.63) is 106 Å². The number of hydrogen-bond acceptors (Lipinski definition) is 5. The van der Waals surface area contributed by atoms with Crippen molar-refractivity contribution >= 4 is 17.3 Å². The predicted octanol–water partition coefficient (Wildman–Crippen LogP) is 4.33. The van der Waals surface area contributed by atoms with Crippen LogP contribution < -0.4 is 10.2 Å². The van der Waals surface area contributed by atoms with Crippen LogP contribution in [0, 0.1) is 10.1 Å². The lowest BCUT2D eigenvalue weighted by molar-refractivity contribution is -0.384. The summed E-state index contributed by atoms with van der Waals surface area (Å²) in [4.78, 5) is 23.0. The van der Waals surface area contributed by atoms with Gasteiger partial charge in [-0.2, -0.15) is 5.10 Å². The van der Waals surface area contributed by atoms with E-state index in [1.54, 1.807) is 43.3 Å². The van der Waals surface area contributed by atoms with Gasteiger partial charge in [-0.1, -0.05) is 54.6 Å². The summed E-state index contributed by atoms with van der Waals surface area (Å²) in [5.74, 6) is 0.00972. The number of carbonyl (C=O) groups excluding carboxylic acids is 1. The number of nitrogens with one attached hydrogen (secondary N) is 1. The predicted molar refractivity (Wildman–Crippen MR) is 110 cm³/mol. The van der Waals surface area contributed by atoms with Gasteiger partial charge < -0.3 is 4.74 Å². The van der Waals surface area contributed by atoms with Gasteiger partial charge in [0.05, 0.1) is 16.2 Å². The molecule has 7 heteroatoms. The first-order chi connectivity index (χ1) is 14.0. The van der Waals surface area contributed by atoms with Crippen LogP contribution in [0.1, 0.15) is 28.4 Å². The maximum absolute atomic E-state index is 12.6. The van der Waals surface area contributed by atoms with E-state index in [4.69, 9.17) is 4.74 Å². The van der Waals surface area contributed by atoms with Crippen LogP contribution in [-0.2, 0) is 6.61 Å². The van der Waals surface area contributed by atoms with Crippen molar-refractivity contribution in [1.29, 1.82) is 0 Å². The van der Waals surface area contributed by atoms with E-state index in [0.717, 1.165) is 5.56 Å². The molecule has 0 aromatic heterocycles. The minimum Gasteiger partial charge on any atom is -0.488 e. The van der Waals surface area contributed by atoms with Crippen molar-refractivity contribution in [2.75, 3.05) is 0 Å². The third-order valence-corrected chi connectivity index (χ3v) is 4.17. The van der Waals surface area contributed by atoms with Crippen LogP contribution in [-0.4, -0.2) is 16.5 Å². The second-order valence-corrected chi connectivity index (χ2v) is 6.22. The number of nitrogens with zero attached hydrogens (tertiary/aromatic N) is 2. The van der Waals surface area contributed by atoms with E-state index in [1.807, 2.05) is 30.3 Å². The van der Waals surface area contributed by atoms with Gasteiger partial charge in [-0.25, -0.2) is 5.43 Å². The Balaban J connectivity index is 1.71. The number of benzene rings is 3. The van der Waals surface area contributed by atoms with E-state index in [9.17, 15) is 14.9 Å². The van der Waals surface area contributed by atoms with Crippen LogP contribution >= 0.6 is 0 Å². The van der Waals surface area contributed by atoms with Gasteiger partial charge in [0.2, 0.25) is 0 Å². The fourth-order valence-corrected chi connectivity index (χ4v) is 2.62. The maximum atomic E-state index is 12.6. The molecule has 3 rings (SSSR count). The van der Waals surface area contributed by atoms with Crippen LogP contribution in [0.3, 0.4) is 0 Å². The fourth-order valence-electron chi connectivity index (χ4n) is 2.62. The highest BCUT2D eigenvalue weighted by molar-refractivity contribution is 6.01. The molecule has 3 aromatic carbocycles. The number of nitro benzene ring substituents is 1. The molecule has 0 aliphatic heterocycles. The summed E-state index contributed by atoms with van der Waals surface area (Å²) in [6.07, 6.45) is 0. The van der Waals surface area contributed by atoms with Crippen molar-refractivity contribution < 1.29 is 14.5 Å². The Labute approximate surface area is 167 Å². The molecule has 0 radical (unpaired) electrons. The summed E-state index contributed by atoms with van der Waals surface area (Å²) in [5, 5.41) is 15.0. The molecule has 0 saturated heterocycles. The van der Waals surface area contributed by atoms with Crippen LogP contribution in [0.5, 0.6) is 5.75 Å². The van der Waals surface area contributed by atoms with E-state index in [-0.39, 0.29) is 5.69 Å². The number of hydrogen-bond donors (Lipinski definition) is 1. The molecule has 0 aliphatic carbocycles. The molecule has 0 spiro atoms. The minimum atomic E-state index is -0.477. The van der Waals surface area contributed by atoms with Gasteiger partial charge in [-0.3, -0.25) is 14.9 Å². The Hall–Kier alpha value is -4.00. The van der Waals surface area contributed by atoms with Gasteiger partial charge in [0.15, 0.2) is 0 Å². The number of hydrazone groups is 1. The van der Waals surface area contributed by atoms with Gasteiger partial charge in [0, 0.05) is 17.7 Å². The van der Waals surface area contributed by atoms with E-state index in [0.29, 0.717) is 29.2 Å². The molecule has 0 saturated carbocycles. The standard InChI is InChI=1S/C22H19N3O4/c1-16(18-10-7-11-19(14-18)25(27)28)23-24-22(26)20-12-5-6-13-21(20)29-15-17-8-3-2-4-9-17/h2-14H,15H2,1H3,(H,24,26). The van der Waals surface area contributed by atoms with E-state index in [2.05, 4.69) is 10.5 Å². The zero-order chi connectivity index (χ0) is 20.6. The van der Waals surface area contributed by atoms with Crippen molar-refractivity contribution in [1.82, 2.24) is 5.43 Å². The summed E-state index contributed by atoms with van der Waals surface area (Å²) in [6, 6.07) is 22.6. The highest BCUT2D eigenvalue weighted by Crippen LogP contribution is 2.19. The fraction of sp³-hybridized carbons (Fsp3) is 0.0909. The maximum Gasteiger partial charge on any atom is 0.275 e. The van der Waals surface area contributed by atoms with Gasteiger partial charge in [-0.15, -0.1) is 0 Å². The zero-order valence-corrected chi connectivity index (χ0v) is 15.7. The van der Waals surface area contributed by atoms with Crippen molar-refractivity contribution in [2.45, 2.75) is 13.5 Å². The second-order valence-electron chi connectivity index (χ2n) is 6.22. The Kier molecular flexibility index (Phi) is 6.32. The van der Waals surface area contributed by atoms with Crippen LogP contribution in [0.25, 0.3) is 0 Å². The first-order valence-corrected chi connectivity index (χ1v) is 8.90. The smallest absolute Gasteiger partial charge is 0.275 e. The molecule has 1 N–H and O–H groups in total. The quantitative estimate of drug-likeness (QED) is 0.370. The Morgan fingerprint density at radius 3 is 2.52 bits per heavy atom. The average molecular weight is 389 g/mol. The monoisotopic (exact) mass is 389 g/mol. The summed E-state index contributed by atoms with van der Waals surface area (Å²) in [6.45, 7) is 2.00. The summed E-state index contributed by atoms with van der Waals surface area (Å²) >= 11 is 0.